The summed E-state index contributed by atoms with van der Waals surface area (Å²) in [5.41, 5.74) is 1.06. The Morgan fingerprint density at radius 3 is 3.00 bits per heavy atom. The van der Waals surface area contributed by atoms with Gasteiger partial charge in [-0.15, -0.1) is 0 Å². The van der Waals surface area contributed by atoms with Gasteiger partial charge in [0.15, 0.2) is 0 Å². The second-order valence-electron chi connectivity index (χ2n) is 3.32. The van der Waals surface area contributed by atoms with Crippen LogP contribution in [0.5, 0.6) is 0 Å². The number of hydrogen-bond acceptors (Lipinski definition) is 2. The van der Waals surface area contributed by atoms with Crippen molar-refractivity contribution in [2.45, 2.75) is 6.54 Å². The lowest BCUT2D eigenvalue weighted by atomic mass is 10.1. The molecular formula is C11H10ClFN2O. The SMILES string of the molecule is OCCn1cc(-c2cccc(Cl)c2F)cn1. The molecule has 1 N–H and O–H groups in total. The van der Waals surface area contributed by atoms with Gasteiger partial charge in [0.05, 0.1) is 24.4 Å². The first-order chi connectivity index (χ1) is 7.72. The van der Waals surface area contributed by atoms with Crippen molar-refractivity contribution in [2.24, 2.45) is 0 Å². The molecule has 0 saturated heterocycles. The largest absolute Gasteiger partial charge is 0.394 e. The van der Waals surface area contributed by atoms with Gasteiger partial charge in [-0.1, -0.05) is 23.7 Å². The highest BCUT2D eigenvalue weighted by molar-refractivity contribution is 6.31. The van der Waals surface area contributed by atoms with Crippen LogP contribution in [-0.2, 0) is 6.54 Å². The van der Waals surface area contributed by atoms with Crippen LogP contribution in [0.3, 0.4) is 0 Å². The second-order valence-corrected chi connectivity index (χ2v) is 3.72. The van der Waals surface area contributed by atoms with Crippen molar-refractivity contribution in [3.05, 3.63) is 41.4 Å². The number of rotatable bonds is 3. The molecule has 0 aliphatic carbocycles. The Morgan fingerprint density at radius 2 is 2.25 bits per heavy atom. The van der Waals surface area contributed by atoms with Crippen LogP contribution < -0.4 is 0 Å². The maximum Gasteiger partial charge on any atom is 0.149 e. The van der Waals surface area contributed by atoms with Crippen LogP contribution in [0.4, 0.5) is 4.39 Å². The summed E-state index contributed by atoms with van der Waals surface area (Å²) in [5.74, 6) is -0.451. The summed E-state index contributed by atoms with van der Waals surface area (Å²) in [6.45, 7) is 0.390. The summed E-state index contributed by atoms with van der Waals surface area (Å²) in [6.07, 6.45) is 3.22. The third-order valence-corrected chi connectivity index (χ3v) is 2.52. The highest BCUT2D eigenvalue weighted by Crippen LogP contribution is 2.26. The number of hydrogen-bond donors (Lipinski definition) is 1. The minimum Gasteiger partial charge on any atom is -0.394 e. The number of nitrogens with zero attached hydrogens (tertiary/aromatic N) is 2. The lowest BCUT2D eigenvalue weighted by Gasteiger charge is -2.01. The van der Waals surface area contributed by atoms with Gasteiger partial charge in [0, 0.05) is 17.3 Å². The van der Waals surface area contributed by atoms with E-state index in [1.54, 1.807) is 29.2 Å². The Kier molecular flexibility index (Phi) is 3.22. The molecule has 3 nitrogen and oxygen atoms in total. The van der Waals surface area contributed by atoms with Crippen LogP contribution >= 0.6 is 11.6 Å². The van der Waals surface area contributed by atoms with Crippen LogP contribution in [0.2, 0.25) is 5.02 Å². The van der Waals surface area contributed by atoms with Gasteiger partial charge in [-0.3, -0.25) is 4.68 Å². The molecule has 0 aliphatic rings. The number of benzene rings is 1. The molecule has 0 bridgehead atoms. The van der Waals surface area contributed by atoms with Crippen LogP contribution in [-0.4, -0.2) is 21.5 Å². The maximum absolute atomic E-state index is 13.7. The minimum absolute atomic E-state index is 0.000845. The zero-order valence-electron chi connectivity index (χ0n) is 8.40. The third kappa shape index (κ3) is 2.08. The molecule has 0 saturated carbocycles. The summed E-state index contributed by atoms with van der Waals surface area (Å²) >= 11 is 5.69. The second kappa shape index (κ2) is 4.63. The summed E-state index contributed by atoms with van der Waals surface area (Å²) < 4.78 is 15.2. The average molecular weight is 241 g/mol. The molecule has 0 atom stereocenters. The fourth-order valence-electron chi connectivity index (χ4n) is 1.45. The van der Waals surface area contributed by atoms with Crippen molar-refractivity contribution < 1.29 is 9.50 Å². The predicted octanol–water partition coefficient (Wildman–Crippen LogP) is 2.33. The molecule has 1 aromatic carbocycles. The topological polar surface area (TPSA) is 38.0 Å². The number of aromatic nitrogens is 2. The Labute approximate surface area is 97.1 Å². The van der Waals surface area contributed by atoms with E-state index in [9.17, 15) is 4.39 Å². The summed E-state index contributed by atoms with van der Waals surface area (Å²) in [4.78, 5) is 0. The predicted molar refractivity (Wildman–Crippen MR) is 59.7 cm³/mol. The molecule has 0 unspecified atom stereocenters. The van der Waals surface area contributed by atoms with Crippen molar-refractivity contribution in [1.82, 2.24) is 9.78 Å². The number of aliphatic hydroxyl groups is 1. The summed E-state index contributed by atoms with van der Waals surface area (Å²) in [5, 5.41) is 12.8. The fourth-order valence-corrected chi connectivity index (χ4v) is 1.63. The van der Waals surface area contributed by atoms with E-state index in [2.05, 4.69) is 5.10 Å². The molecule has 16 heavy (non-hydrogen) atoms. The molecule has 0 fully saturated rings. The van der Waals surface area contributed by atoms with Gasteiger partial charge >= 0.3 is 0 Å². The van der Waals surface area contributed by atoms with Gasteiger partial charge < -0.3 is 5.11 Å². The molecule has 2 rings (SSSR count). The van der Waals surface area contributed by atoms with Crippen LogP contribution in [0.25, 0.3) is 11.1 Å². The summed E-state index contributed by atoms with van der Waals surface area (Å²) in [7, 11) is 0. The van der Waals surface area contributed by atoms with Gasteiger partial charge in [0.2, 0.25) is 0 Å². The molecule has 1 heterocycles. The molecular weight excluding hydrogens is 231 g/mol. The Morgan fingerprint density at radius 1 is 1.44 bits per heavy atom. The van der Waals surface area contributed by atoms with Crippen LogP contribution in [0.1, 0.15) is 0 Å². The van der Waals surface area contributed by atoms with E-state index in [-0.39, 0.29) is 11.6 Å². The van der Waals surface area contributed by atoms with E-state index < -0.39 is 5.82 Å². The van der Waals surface area contributed by atoms with Gasteiger partial charge in [-0.25, -0.2) is 4.39 Å². The van der Waals surface area contributed by atoms with E-state index in [1.807, 2.05) is 0 Å². The van der Waals surface area contributed by atoms with E-state index in [0.29, 0.717) is 17.7 Å². The molecule has 84 valence electrons. The Balaban J connectivity index is 2.39. The normalized spacial score (nSPS) is 10.7. The molecule has 0 amide bonds. The third-order valence-electron chi connectivity index (χ3n) is 2.22. The number of aliphatic hydroxyl groups excluding tert-OH is 1. The lowest BCUT2D eigenvalue weighted by Crippen LogP contribution is -2.01. The van der Waals surface area contributed by atoms with Gasteiger partial charge in [0.25, 0.3) is 0 Å². The van der Waals surface area contributed by atoms with Crippen molar-refractivity contribution in [3.63, 3.8) is 0 Å². The number of halogens is 2. The van der Waals surface area contributed by atoms with Crippen molar-refractivity contribution in [2.75, 3.05) is 6.61 Å². The molecule has 5 heteroatoms. The maximum atomic E-state index is 13.7. The molecule has 0 spiro atoms. The quantitative estimate of drug-likeness (QED) is 0.894. The highest BCUT2D eigenvalue weighted by Gasteiger charge is 2.09. The van der Waals surface area contributed by atoms with E-state index in [4.69, 9.17) is 16.7 Å². The van der Waals surface area contributed by atoms with Gasteiger partial charge in [-0.05, 0) is 6.07 Å². The summed E-state index contributed by atoms with van der Waals surface area (Å²) in [6, 6.07) is 4.82. The van der Waals surface area contributed by atoms with E-state index in [0.717, 1.165) is 0 Å². The van der Waals surface area contributed by atoms with Crippen molar-refractivity contribution in [3.8, 4) is 11.1 Å². The molecule has 1 aromatic heterocycles. The van der Waals surface area contributed by atoms with Crippen LogP contribution in [0, 0.1) is 5.82 Å². The Bertz CT molecular complexity index is 498. The lowest BCUT2D eigenvalue weighted by molar-refractivity contribution is 0.269. The minimum atomic E-state index is -0.451. The molecule has 2 aromatic rings. The first-order valence-corrected chi connectivity index (χ1v) is 5.18. The standard InChI is InChI=1S/C11H10ClFN2O/c12-10-3-1-2-9(11(10)13)8-6-14-15(7-8)4-5-16/h1-3,6-7,16H,4-5H2. The zero-order chi connectivity index (χ0) is 11.5. The first-order valence-electron chi connectivity index (χ1n) is 4.80. The molecule has 0 radical (unpaired) electrons. The fraction of sp³-hybridized carbons (Fsp3) is 0.182. The average Bonchev–Trinajstić information content (AvgIpc) is 2.71. The van der Waals surface area contributed by atoms with Gasteiger partial charge in [-0.2, -0.15) is 5.10 Å². The van der Waals surface area contributed by atoms with Gasteiger partial charge in [0.1, 0.15) is 5.82 Å². The zero-order valence-corrected chi connectivity index (χ0v) is 9.15. The highest BCUT2D eigenvalue weighted by atomic mass is 35.5. The smallest absolute Gasteiger partial charge is 0.149 e. The van der Waals surface area contributed by atoms with E-state index >= 15 is 0 Å². The van der Waals surface area contributed by atoms with Crippen molar-refractivity contribution >= 4 is 11.6 Å². The Hall–Kier alpha value is -1.39. The van der Waals surface area contributed by atoms with Crippen molar-refractivity contribution in [1.29, 1.82) is 0 Å². The first kappa shape index (κ1) is 11.1. The molecule has 0 aliphatic heterocycles. The van der Waals surface area contributed by atoms with Crippen LogP contribution in [0.15, 0.2) is 30.6 Å². The van der Waals surface area contributed by atoms with E-state index in [1.165, 1.54) is 6.07 Å². The monoisotopic (exact) mass is 240 g/mol.